The molecule has 0 aromatic heterocycles. The summed E-state index contributed by atoms with van der Waals surface area (Å²) in [6.07, 6.45) is 0.376. The van der Waals surface area contributed by atoms with Gasteiger partial charge in [0.25, 0.3) is 0 Å². The summed E-state index contributed by atoms with van der Waals surface area (Å²) in [6, 6.07) is 8.78. The zero-order chi connectivity index (χ0) is 14.3. The van der Waals surface area contributed by atoms with E-state index in [1.807, 2.05) is 0 Å². The lowest BCUT2D eigenvalue weighted by Crippen LogP contribution is -2.18. The van der Waals surface area contributed by atoms with Gasteiger partial charge < -0.3 is 15.5 Å². The fraction of sp³-hybridized carbons (Fsp3) is 0.429. The molecule has 1 heterocycles. The maximum absolute atomic E-state index is 9.43. The van der Waals surface area contributed by atoms with Gasteiger partial charge in [0, 0.05) is 6.54 Å². The molecule has 5 heteroatoms. The third-order valence-corrected chi connectivity index (χ3v) is 2.91. The normalized spacial score (nSPS) is 17.4. The number of benzene rings is 1. The molecular formula is C14H19NO4. The van der Waals surface area contributed by atoms with Gasteiger partial charge in [0.2, 0.25) is 0 Å². The molecule has 1 unspecified atom stereocenters. The Labute approximate surface area is 112 Å². The summed E-state index contributed by atoms with van der Waals surface area (Å²) in [5.74, 6) is -1.95. The van der Waals surface area contributed by atoms with Crippen LogP contribution in [-0.4, -0.2) is 35.2 Å². The second-order valence-corrected chi connectivity index (χ2v) is 4.52. The van der Waals surface area contributed by atoms with E-state index in [0.717, 1.165) is 13.1 Å². The van der Waals surface area contributed by atoms with E-state index in [2.05, 4.69) is 36.5 Å². The Bertz CT molecular complexity index is 433. The van der Waals surface area contributed by atoms with E-state index in [-0.39, 0.29) is 0 Å². The molecule has 3 N–H and O–H groups in total. The van der Waals surface area contributed by atoms with Gasteiger partial charge in [0.1, 0.15) is 6.42 Å². The molecule has 1 aliphatic heterocycles. The average molecular weight is 265 g/mol. The summed E-state index contributed by atoms with van der Waals surface area (Å²) in [7, 11) is 0. The molecule has 2 rings (SSSR count). The number of rotatable bonds is 2. The summed E-state index contributed by atoms with van der Waals surface area (Å²) in [5.41, 5.74) is 3.05. The van der Waals surface area contributed by atoms with Gasteiger partial charge in [-0.05, 0) is 30.0 Å². The van der Waals surface area contributed by atoms with Crippen LogP contribution in [0.15, 0.2) is 24.3 Å². The number of carbonyl (C=O) groups is 2. The highest BCUT2D eigenvalue weighted by Crippen LogP contribution is 2.21. The number of hydrogen-bond acceptors (Lipinski definition) is 3. The van der Waals surface area contributed by atoms with Gasteiger partial charge in [-0.15, -0.1) is 0 Å². The number of carboxylic acid groups (broad SMARTS) is 2. The fourth-order valence-electron chi connectivity index (χ4n) is 2.02. The molecule has 0 amide bonds. The lowest BCUT2D eigenvalue weighted by atomic mass is 9.96. The Balaban J connectivity index is 0.000000224. The van der Waals surface area contributed by atoms with Crippen LogP contribution in [0.4, 0.5) is 0 Å². The summed E-state index contributed by atoms with van der Waals surface area (Å²) >= 11 is 0. The second kappa shape index (κ2) is 7.53. The minimum Gasteiger partial charge on any atom is -0.481 e. The monoisotopic (exact) mass is 265 g/mol. The lowest BCUT2D eigenvalue weighted by molar-refractivity contribution is -0.147. The lowest BCUT2D eigenvalue weighted by Gasteiger charge is -2.10. The van der Waals surface area contributed by atoms with Crippen LogP contribution >= 0.6 is 0 Å². The highest BCUT2D eigenvalue weighted by atomic mass is 16.4. The zero-order valence-corrected chi connectivity index (χ0v) is 10.9. The third kappa shape index (κ3) is 5.52. The molecular weight excluding hydrogens is 246 g/mol. The van der Waals surface area contributed by atoms with Gasteiger partial charge in [-0.2, -0.15) is 0 Å². The molecule has 1 aromatic rings. The third-order valence-electron chi connectivity index (χ3n) is 2.91. The summed E-state index contributed by atoms with van der Waals surface area (Å²) in [4.78, 5) is 18.9. The van der Waals surface area contributed by atoms with E-state index in [0.29, 0.717) is 5.92 Å². The Morgan fingerprint density at radius 3 is 2.47 bits per heavy atom. The first-order valence-electron chi connectivity index (χ1n) is 6.22. The highest BCUT2D eigenvalue weighted by molar-refractivity contribution is 5.88. The van der Waals surface area contributed by atoms with Crippen LogP contribution in [0.5, 0.6) is 0 Å². The number of fused-ring (bicyclic) bond motifs is 1. The molecule has 0 saturated carbocycles. The Morgan fingerprint density at radius 2 is 1.89 bits per heavy atom. The first-order valence-corrected chi connectivity index (χ1v) is 6.22. The van der Waals surface area contributed by atoms with E-state index < -0.39 is 18.4 Å². The second-order valence-electron chi connectivity index (χ2n) is 4.52. The molecule has 0 bridgehead atoms. The van der Waals surface area contributed by atoms with E-state index in [4.69, 9.17) is 10.2 Å². The van der Waals surface area contributed by atoms with Crippen molar-refractivity contribution in [3.63, 3.8) is 0 Å². The van der Waals surface area contributed by atoms with Gasteiger partial charge in [0.15, 0.2) is 0 Å². The fourth-order valence-corrected chi connectivity index (χ4v) is 2.02. The van der Waals surface area contributed by atoms with Crippen molar-refractivity contribution in [1.82, 2.24) is 5.32 Å². The SMILES string of the molecule is CC1CNCCc2ccccc21.O=C(O)CC(=O)O. The maximum atomic E-state index is 9.43. The summed E-state index contributed by atoms with van der Waals surface area (Å²) in [5, 5.41) is 18.9. The molecule has 19 heavy (non-hydrogen) atoms. The predicted octanol–water partition coefficient (Wildman–Crippen LogP) is 1.48. The van der Waals surface area contributed by atoms with Crippen LogP contribution in [0.2, 0.25) is 0 Å². The molecule has 0 aliphatic carbocycles. The van der Waals surface area contributed by atoms with Crippen LogP contribution in [0.1, 0.15) is 30.4 Å². The molecule has 5 nitrogen and oxygen atoms in total. The van der Waals surface area contributed by atoms with Gasteiger partial charge in [0.05, 0.1) is 0 Å². The van der Waals surface area contributed by atoms with Gasteiger partial charge >= 0.3 is 11.9 Å². The van der Waals surface area contributed by atoms with Crippen LogP contribution in [0.3, 0.4) is 0 Å². The first-order chi connectivity index (χ1) is 9.00. The van der Waals surface area contributed by atoms with Crippen molar-refractivity contribution >= 4 is 11.9 Å². The maximum Gasteiger partial charge on any atom is 0.314 e. The topological polar surface area (TPSA) is 86.6 Å². The number of nitrogens with one attached hydrogen (secondary N) is 1. The van der Waals surface area contributed by atoms with Crippen molar-refractivity contribution in [1.29, 1.82) is 0 Å². The number of aliphatic carboxylic acids is 2. The van der Waals surface area contributed by atoms with Gasteiger partial charge in [-0.3, -0.25) is 9.59 Å². The van der Waals surface area contributed by atoms with Crippen molar-refractivity contribution in [2.75, 3.05) is 13.1 Å². The quantitative estimate of drug-likeness (QED) is 0.705. The van der Waals surface area contributed by atoms with E-state index in [1.165, 1.54) is 17.5 Å². The van der Waals surface area contributed by atoms with Crippen molar-refractivity contribution in [2.24, 2.45) is 0 Å². The Kier molecular flexibility index (Phi) is 6.02. The summed E-state index contributed by atoms with van der Waals surface area (Å²) < 4.78 is 0. The van der Waals surface area contributed by atoms with Gasteiger partial charge in [-0.25, -0.2) is 0 Å². The van der Waals surface area contributed by atoms with Gasteiger partial charge in [-0.1, -0.05) is 31.2 Å². The van der Waals surface area contributed by atoms with E-state index >= 15 is 0 Å². The summed E-state index contributed by atoms with van der Waals surface area (Å²) in [6.45, 7) is 4.54. The standard InChI is InChI=1S/C11H15N.C3H4O4/c1-9-8-12-7-6-10-4-2-3-5-11(9)10;4-2(5)1-3(6)7/h2-5,9,12H,6-8H2,1H3;1H2,(H,4,5)(H,6,7). The molecule has 1 atom stereocenters. The molecule has 0 radical (unpaired) electrons. The molecule has 1 aliphatic rings. The molecule has 104 valence electrons. The molecule has 1 aromatic carbocycles. The number of carboxylic acids is 2. The van der Waals surface area contributed by atoms with Crippen molar-refractivity contribution < 1.29 is 19.8 Å². The predicted molar refractivity (Wildman–Crippen MR) is 71.3 cm³/mol. The van der Waals surface area contributed by atoms with E-state index in [9.17, 15) is 9.59 Å². The highest BCUT2D eigenvalue weighted by Gasteiger charge is 2.12. The minimum absolute atomic E-state index is 0.670. The Hall–Kier alpha value is -1.88. The van der Waals surface area contributed by atoms with Crippen LogP contribution in [0.25, 0.3) is 0 Å². The van der Waals surface area contributed by atoms with Crippen LogP contribution in [0, 0.1) is 0 Å². The Morgan fingerprint density at radius 1 is 1.26 bits per heavy atom. The van der Waals surface area contributed by atoms with Crippen molar-refractivity contribution in [3.8, 4) is 0 Å². The van der Waals surface area contributed by atoms with Crippen molar-refractivity contribution in [2.45, 2.75) is 25.7 Å². The molecule has 0 saturated heterocycles. The largest absolute Gasteiger partial charge is 0.481 e. The van der Waals surface area contributed by atoms with Crippen molar-refractivity contribution in [3.05, 3.63) is 35.4 Å². The molecule has 0 spiro atoms. The smallest absolute Gasteiger partial charge is 0.314 e. The van der Waals surface area contributed by atoms with E-state index in [1.54, 1.807) is 0 Å². The van der Waals surface area contributed by atoms with Crippen LogP contribution < -0.4 is 5.32 Å². The van der Waals surface area contributed by atoms with Crippen LogP contribution in [-0.2, 0) is 16.0 Å². The minimum atomic E-state index is -1.31. The average Bonchev–Trinajstić information content (AvgIpc) is 2.51. The number of hydrogen-bond donors (Lipinski definition) is 3. The zero-order valence-electron chi connectivity index (χ0n) is 10.9. The first kappa shape index (κ1) is 15.2. The molecule has 0 fully saturated rings.